The van der Waals surface area contributed by atoms with Crippen molar-refractivity contribution in [2.24, 2.45) is 5.10 Å². The van der Waals surface area contributed by atoms with Gasteiger partial charge < -0.3 is 0 Å². The van der Waals surface area contributed by atoms with Crippen LogP contribution in [0.15, 0.2) is 59.7 Å². The highest BCUT2D eigenvalue weighted by molar-refractivity contribution is 6.11. The molecule has 2 aromatic carbocycles. The van der Waals surface area contributed by atoms with Gasteiger partial charge in [0.05, 0.1) is 12.3 Å². The van der Waals surface area contributed by atoms with E-state index < -0.39 is 0 Å². The summed E-state index contributed by atoms with van der Waals surface area (Å²) in [6.07, 6.45) is 3.54. The van der Waals surface area contributed by atoms with Crippen molar-refractivity contribution in [1.29, 1.82) is 0 Å². The van der Waals surface area contributed by atoms with Crippen molar-refractivity contribution in [3.8, 4) is 0 Å². The minimum absolute atomic E-state index is 0.0637. The highest BCUT2D eigenvalue weighted by Crippen LogP contribution is 2.27. The van der Waals surface area contributed by atoms with Gasteiger partial charge >= 0.3 is 0 Å². The summed E-state index contributed by atoms with van der Waals surface area (Å²) in [5.74, 6) is -0.177. The zero-order valence-corrected chi connectivity index (χ0v) is 14.4. The Balaban J connectivity index is 1.69. The van der Waals surface area contributed by atoms with E-state index in [0.717, 1.165) is 23.3 Å². The molecule has 3 nitrogen and oxygen atoms in total. The highest BCUT2D eigenvalue weighted by atomic mass is 16.2. The molecule has 0 radical (unpaired) electrons. The van der Waals surface area contributed by atoms with Gasteiger partial charge in [-0.05, 0) is 36.5 Å². The van der Waals surface area contributed by atoms with E-state index >= 15 is 0 Å². The van der Waals surface area contributed by atoms with E-state index in [9.17, 15) is 4.79 Å². The zero-order chi connectivity index (χ0) is 16.9. The first-order valence-electron chi connectivity index (χ1n) is 8.68. The summed E-state index contributed by atoms with van der Waals surface area (Å²) in [5.41, 5.74) is 4.36. The van der Waals surface area contributed by atoms with Crippen LogP contribution in [0.1, 0.15) is 49.3 Å². The topological polar surface area (TPSA) is 32.7 Å². The van der Waals surface area contributed by atoms with E-state index in [1.165, 1.54) is 18.4 Å². The van der Waals surface area contributed by atoms with Crippen LogP contribution in [-0.2, 0) is 17.8 Å². The van der Waals surface area contributed by atoms with E-state index in [4.69, 9.17) is 0 Å². The average Bonchev–Trinajstić information content (AvgIpc) is 2.88. The van der Waals surface area contributed by atoms with Crippen LogP contribution in [0.3, 0.4) is 0 Å². The van der Waals surface area contributed by atoms with Gasteiger partial charge in [-0.2, -0.15) is 5.10 Å². The first kappa shape index (κ1) is 16.4. The molecule has 0 spiro atoms. The summed E-state index contributed by atoms with van der Waals surface area (Å²) >= 11 is 0. The van der Waals surface area contributed by atoms with Crippen LogP contribution in [0.4, 0.5) is 0 Å². The van der Waals surface area contributed by atoms with E-state index in [1.807, 2.05) is 37.3 Å². The summed E-state index contributed by atoms with van der Waals surface area (Å²) < 4.78 is 0. The van der Waals surface area contributed by atoms with E-state index in [0.29, 0.717) is 6.54 Å². The zero-order valence-electron chi connectivity index (χ0n) is 14.4. The number of unbranched alkanes of at least 4 members (excludes halogenated alkanes) is 1. The van der Waals surface area contributed by atoms with Crippen LogP contribution in [0.25, 0.3) is 0 Å². The Bertz CT molecular complexity index is 719. The molecule has 0 bridgehead atoms. The third-order valence-electron chi connectivity index (χ3n) is 4.50. The molecule has 1 aliphatic rings. The van der Waals surface area contributed by atoms with Crippen molar-refractivity contribution in [2.45, 2.75) is 45.6 Å². The van der Waals surface area contributed by atoms with Crippen molar-refractivity contribution >= 4 is 11.6 Å². The number of amides is 1. The molecule has 3 rings (SSSR count). The Morgan fingerprint density at radius 3 is 2.33 bits per heavy atom. The minimum Gasteiger partial charge on any atom is -0.272 e. The van der Waals surface area contributed by atoms with Gasteiger partial charge in [-0.1, -0.05) is 67.9 Å². The molecule has 124 valence electrons. The van der Waals surface area contributed by atoms with Crippen LogP contribution in [0, 0.1) is 0 Å². The number of rotatable bonds is 6. The average molecular weight is 320 g/mol. The summed E-state index contributed by atoms with van der Waals surface area (Å²) in [5, 5.41) is 6.10. The first-order valence-corrected chi connectivity index (χ1v) is 8.68. The smallest absolute Gasteiger partial charge is 0.256 e. The SMILES string of the molecule is CCCCc1ccc(CN2N=C(C)C(c3ccccc3)C2=O)cc1. The maximum atomic E-state index is 12.7. The lowest BCUT2D eigenvalue weighted by molar-refractivity contribution is -0.130. The van der Waals surface area contributed by atoms with Gasteiger partial charge in [-0.15, -0.1) is 0 Å². The summed E-state index contributed by atoms with van der Waals surface area (Å²) in [6, 6.07) is 18.4. The molecule has 24 heavy (non-hydrogen) atoms. The molecule has 2 aromatic rings. The number of nitrogens with zero attached hydrogens (tertiary/aromatic N) is 2. The van der Waals surface area contributed by atoms with E-state index in [2.05, 4.69) is 36.3 Å². The molecular weight excluding hydrogens is 296 g/mol. The molecule has 0 saturated carbocycles. The Morgan fingerprint density at radius 1 is 1.00 bits per heavy atom. The second-order valence-electron chi connectivity index (χ2n) is 6.40. The molecule has 0 N–H and O–H groups in total. The monoisotopic (exact) mass is 320 g/mol. The standard InChI is InChI=1S/C21H24N2O/c1-3-4-8-17-11-13-18(14-12-17)15-23-21(24)20(16(2)22-23)19-9-6-5-7-10-19/h5-7,9-14,20H,3-4,8,15H2,1-2H3. The lowest BCUT2D eigenvalue weighted by Gasteiger charge is -2.15. The largest absolute Gasteiger partial charge is 0.272 e. The molecule has 1 amide bonds. The Kier molecular flexibility index (Phi) is 5.09. The number of aryl methyl sites for hydroxylation is 1. The van der Waals surface area contributed by atoms with Gasteiger partial charge in [0, 0.05) is 0 Å². The summed E-state index contributed by atoms with van der Waals surface area (Å²) in [4.78, 5) is 12.7. The minimum atomic E-state index is -0.241. The Hall–Kier alpha value is -2.42. The molecule has 1 unspecified atom stereocenters. The fraction of sp³-hybridized carbons (Fsp3) is 0.333. The number of carbonyl (C=O) groups is 1. The predicted molar refractivity (Wildman–Crippen MR) is 97.9 cm³/mol. The van der Waals surface area contributed by atoms with Crippen LogP contribution in [0.2, 0.25) is 0 Å². The van der Waals surface area contributed by atoms with Crippen molar-refractivity contribution in [3.63, 3.8) is 0 Å². The number of carbonyl (C=O) groups excluding carboxylic acids is 1. The number of hydrogen-bond acceptors (Lipinski definition) is 2. The van der Waals surface area contributed by atoms with E-state index in [-0.39, 0.29) is 11.8 Å². The fourth-order valence-corrected chi connectivity index (χ4v) is 3.13. The van der Waals surface area contributed by atoms with Gasteiger partial charge in [-0.3, -0.25) is 4.79 Å². The normalized spacial score (nSPS) is 17.2. The number of benzene rings is 2. The van der Waals surface area contributed by atoms with Crippen LogP contribution >= 0.6 is 0 Å². The maximum Gasteiger partial charge on any atom is 0.256 e. The lowest BCUT2D eigenvalue weighted by Crippen LogP contribution is -2.25. The van der Waals surface area contributed by atoms with Crippen LogP contribution in [0.5, 0.6) is 0 Å². The maximum absolute atomic E-state index is 12.7. The molecule has 1 aliphatic heterocycles. The van der Waals surface area contributed by atoms with Gasteiger partial charge in [0.25, 0.3) is 5.91 Å². The fourth-order valence-electron chi connectivity index (χ4n) is 3.13. The second-order valence-corrected chi connectivity index (χ2v) is 6.40. The first-order chi connectivity index (χ1) is 11.7. The summed E-state index contributed by atoms with van der Waals surface area (Å²) in [7, 11) is 0. The van der Waals surface area contributed by atoms with Crippen molar-refractivity contribution in [2.75, 3.05) is 0 Å². The van der Waals surface area contributed by atoms with Gasteiger partial charge in [-0.25, -0.2) is 5.01 Å². The van der Waals surface area contributed by atoms with Crippen molar-refractivity contribution in [3.05, 3.63) is 71.3 Å². The van der Waals surface area contributed by atoms with Crippen LogP contribution < -0.4 is 0 Å². The Morgan fingerprint density at radius 2 is 1.67 bits per heavy atom. The van der Waals surface area contributed by atoms with Crippen molar-refractivity contribution < 1.29 is 4.79 Å². The van der Waals surface area contributed by atoms with Gasteiger partial charge in [0.2, 0.25) is 0 Å². The predicted octanol–water partition coefficient (Wildman–Crippen LogP) is 4.53. The quantitative estimate of drug-likeness (QED) is 0.769. The van der Waals surface area contributed by atoms with Crippen LogP contribution in [-0.4, -0.2) is 16.6 Å². The second kappa shape index (κ2) is 7.43. The van der Waals surface area contributed by atoms with E-state index in [1.54, 1.807) is 5.01 Å². The van der Waals surface area contributed by atoms with Gasteiger partial charge in [0.1, 0.15) is 5.92 Å². The third kappa shape index (κ3) is 3.56. The molecule has 3 heteroatoms. The number of hydrazone groups is 1. The molecule has 1 heterocycles. The molecule has 0 saturated heterocycles. The molecule has 1 atom stereocenters. The molecule has 0 aromatic heterocycles. The molecule has 0 fully saturated rings. The van der Waals surface area contributed by atoms with Crippen molar-refractivity contribution in [1.82, 2.24) is 5.01 Å². The third-order valence-corrected chi connectivity index (χ3v) is 4.50. The highest BCUT2D eigenvalue weighted by Gasteiger charge is 2.34. The lowest BCUT2D eigenvalue weighted by atomic mass is 9.95. The summed E-state index contributed by atoms with van der Waals surface area (Å²) in [6.45, 7) is 4.67. The Labute approximate surface area is 144 Å². The molecular formula is C21H24N2O. The number of hydrogen-bond donors (Lipinski definition) is 0. The molecule has 0 aliphatic carbocycles. The van der Waals surface area contributed by atoms with Gasteiger partial charge in [0.15, 0.2) is 0 Å².